The van der Waals surface area contributed by atoms with Crippen molar-refractivity contribution in [1.29, 1.82) is 5.26 Å². The van der Waals surface area contributed by atoms with Gasteiger partial charge >= 0.3 is 0 Å². The molecular weight excluding hydrogens is 304 g/mol. The van der Waals surface area contributed by atoms with Crippen LogP contribution in [-0.4, -0.2) is 18.2 Å². The van der Waals surface area contributed by atoms with Crippen molar-refractivity contribution in [3.63, 3.8) is 0 Å². The minimum absolute atomic E-state index is 0.123. The number of ether oxygens (including phenoxy) is 1. The maximum Gasteiger partial charge on any atom is 0.153 e. The average Bonchev–Trinajstić information content (AvgIpc) is 2.66. The van der Waals surface area contributed by atoms with Gasteiger partial charge in [0.05, 0.1) is 23.8 Å². The molecule has 1 N–H and O–H groups in total. The Morgan fingerprint density at radius 1 is 1.65 bits per heavy atom. The van der Waals surface area contributed by atoms with E-state index in [0.717, 1.165) is 10.2 Å². The third-order valence-electron chi connectivity index (χ3n) is 3.04. The van der Waals surface area contributed by atoms with Crippen LogP contribution in [0.1, 0.15) is 13.3 Å². The van der Waals surface area contributed by atoms with Crippen LogP contribution in [0, 0.1) is 11.3 Å². The van der Waals surface area contributed by atoms with Gasteiger partial charge in [0, 0.05) is 16.6 Å². The molecule has 0 saturated carbocycles. The van der Waals surface area contributed by atoms with Gasteiger partial charge in [-0.05, 0) is 41.1 Å². The summed E-state index contributed by atoms with van der Waals surface area (Å²) in [4.78, 5) is 0. The van der Waals surface area contributed by atoms with E-state index in [9.17, 15) is 5.26 Å². The number of nitrogens with one attached hydrogen (secondary N) is 1. The lowest BCUT2D eigenvalue weighted by Gasteiger charge is -2.27. The van der Waals surface area contributed by atoms with Crippen LogP contribution in [0.2, 0.25) is 5.02 Å². The molecule has 0 aromatic heterocycles. The van der Waals surface area contributed by atoms with E-state index in [1.807, 2.05) is 19.1 Å². The lowest BCUT2D eigenvalue weighted by Crippen LogP contribution is -2.43. The van der Waals surface area contributed by atoms with Gasteiger partial charge in [-0.3, -0.25) is 0 Å². The van der Waals surface area contributed by atoms with Gasteiger partial charge in [-0.2, -0.15) is 5.26 Å². The number of hydrogen-bond donors (Lipinski definition) is 1. The molecule has 1 aliphatic heterocycles. The Hall–Kier alpha value is -0.760. The monoisotopic (exact) mass is 314 g/mol. The smallest absolute Gasteiger partial charge is 0.153 e. The van der Waals surface area contributed by atoms with Crippen LogP contribution in [0.5, 0.6) is 0 Å². The number of benzene rings is 1. The maximum atomic E-state index is 9.34. The summed E-state index contributed by atoms with van der Waals surface area (Å²) in [5, 5.41) is 13.2. The average molecular weight is 316 g/mol. The van der Waals surface area contributed by atoms with Gasteiger partial charge in [-0.15, -0.1) is 0 Å². The molecule has 0 radical (unpaired) electrons. The highest BCUT2D eigenvalue weighted by Crippen LogP contribution is 2.32. The topological polar surface area (TPSA) is 45.0 Å². The molecule has 2 atom stereocenters. The molecule has 1 aromatic carbocycles. The minimum atomic E-state index is -0.646. The maximum absolute atomic E-state index is 9.34. The molecule has 5 heteroatoms. The molecule has 0 bridgehead atoms. The van der Waals surface area contributed by atoms with Crippen LogP contribution in [0.3, 0.4) is 0 Å². The largest absolute Gasteiger partial charge is 0.375 e. The van der Waals surface area contributed by atoms with Gasteiger partial charge < -0.3 is 10.1 Å². The summed E-state index contributed by atoms with van der Waals surface area (Å²) in [6, 6.07) is 7.84. The highest BCUT2D eigenvalue weighted by atomic mass is 79.9. The summed E-state index contributed by atoms with van der Waals surface area (Å²) < 4.78 is 6.27. The summed E-state index contributed by atoms with van der Waals surface area (Å²) >= 11 is 9.29. The normalized spacial score (nSPS) is 27.8. The van der Waals surface area contributed by atoms with E-state index in [1.54, 1.807) is 6.07 Å². The molecule has 1 saturated heterocycles. The van der Waals surface area contributed by atoms with E-state index in [0.29, 0.717) is 18.1 Å². The highest BCUT2D eigenvalue weighted by Gasteiger charge is 2.42. The zero-order chi connectivity index (χ0) is 12.5. The lowest BCUT2D eigenvalue weighted by molar-refractivity contribution is 0.112. The molecule has 0 spiro atoms. The van der Waals surface area contributed by atoms with Crippen molar-refractivity contribution in [3.8, 4) is 6.07 Å². The summed E-state index contributed by atoms with van der Waals surface area (Å²) in [5.74, 6) is 0. The van der Waals surface area contributed by atoms with E-state index >= 15 is 0 Å². The molecule has 1 heterocycles. The predicted octanol–water partition coefficient (Wildman–Crippen LogP) is 3.59. The Morgan fingerprint density at radius 2 is 2.41 bits per heavy atom. The van der Waals surface area contributed by atoms with Crippen LogP contribution in [0.25, 0.3) is 0 Å². The molecule has 0 amide bonds. The van der Waals surface area contributed by atoms with Crippen LogP contribution in [0.15, 0.2) is 22.7 Å². The van der Waals surface area contributed by atoms with Crippen LogP contribution in [0.4, 0.5) is 5.69 Å². The zero-order valence-corrected chi connectivity index (χ0v) is 11.7. The van der Waals surface area contributed by atoms with Crippen molar-refractivity contribution in [1.82, 2.24) is 0 Å². The summed E-state index contributed by atoms with van der Waals surface area (Å²) in [6.07, 6.45) is 0.562. The highest BCUT2D eigenvalue weighted by molar-refractivity contribution is 9.10. The van der Waals surface area contributed by atoms with Crippen molar-refractivity contribution < 1.29 is 4.74 Å². The fourth-order valence-electron chi connectivity index (χ4n) is 1.91. The zero-order valence-electron chi connectivity index (χ0n) is 9.34. The third kappa shape index (κ3) is 2.42. The molecule has 17 heavy (non-hydrogen) atoms. The van der Waals surface area contributed by atoms with Gasteiger partial charge in [0.25, 0.3) is 0 Å². The van der Waals surface area contributed by atoms with E-state index < -0.39 is 5.54 Å². The van der Waals surface area contributed by atoms with E-state index in [-0.39, 0.29) is 6.10 Å². The molecular formula is C12H12BrClN2O. The van der Waals surface area contributed by atoms with Crippen molar-refractivity contribution in [2.24, 2.45) is 0 Å². The molecule has 1 fully saturated rings. The first-order valence-electron chi connectivity index (χ1n) is 5.33. The van der Waals surface area contributed by atoms with Gasteiger partial charge in [0.15, 0.2) is 5.54 Å². The summed E-state index contributed by atoms with van der Waals surface area (Å²) in [5.41, 5.74) is 0.216. The second kappa shape index (κ2) is 4.85. The third-order valence-corrected chi connectivity index (χ3v) is 4.26. The molecule has 0 aliphatic carbocycles. The Balaban J connectivity index is 2.25. The number of halogens is 2. The second-order valence-corrected chi connectivity index (χ2v) is 5.36. The van der Waals surface area contributed by atoms with Gasteiger partial charge in [-0.1, -0.05) is 11.6 Å². The quantitative estimate of drug-likeness (QED) is 0.907. The fraction of sp³-hybridized carbons (Fsp3) is 0.417. The number of hydrogen-bond acceptors (Lipinski definition) is 3. The van der Waals surface area contributed by atoms with E-state index in [2.05, 4.69) is 27.3 Å². The summed E-state index contributed by atoms with van der Waals surface area (Å²) in [6.45, 7) is 2.52. The van der Waals surface area contributed by atoms with Crippen molar-refractivity contribution in [2.45, 2.75) is 25.0 Å². The first kappa shape index (κ1) is 12.7. The second-order valence-electron chi connectivity index (χ2n) is 4.10. The van der Waals surface area contributed by atoms with Gasteiger partial charge in [-0.25, -0.2) is 0 Å². The van der Waals surface area contributed by atoms with Gasteiger partial charge in [0.2, 0.25) is 0 Å². The molecule has 2 unspecified atom stereocenters. The SMILES string of the molecule is CC1OCCC1(C#N)Nc1ccc(Cl)c(Br)c1. The first-order chi connectivity index (χ1) is 8.07. The molecule has 2 rings (SSSR count). The van der Waals surface area contributed by atoms with Gasteiger partial charge in [0.1, 0.15) is 0 Å². The molecule has 90 valence electrons. The van der Waals surface area contributed by atoms with Crippen LogP contribution in [-0.2, 0) is 4.74 Å². The van der Waals surface area contributed by atoms with Crippen molar-refractivity contribution >= 4 is 33.2 Å². The lowest BCUT2D eigenvalue weighted by atomic mass is 9.93. The fourth-order valence-corrected chi connectivity index (χ4v) is 2.41. The van der Waals surface area contributed by atoms with E-state index in [1.165, 1.54) is 0 Å². The van der Waals surface area contributed by atoms with Crippen molar-refractivity contribution in [3.05, 3.63) is 27.7 Å². The molecule has 1 aromatic rings. The van der Waals surface area contributed by atoms with E-state index in [4.69, 9.17) is 16.3 Å². The summed E-state index contributed by atoms with van der Waals surface area (Å²) in [7, 11) is 0. The first-order valence-corrected chi connectivity index (χ1v) is 6.50. The Labute approximate surface area is 114 Å². The predicted molar refractivity (Wildman–Crippen MR) is 71.1 cm³/mol. The molecule has 1 aliphatic rings. The number of rotatable bonds is 2. The number of nitrogens with zero attached hydrogens (tertiary/aromatic N) is 1. The van der Waals surface area contributed by atoms with Crippen LogP contribution >= 0.6 is 27.5 Å². The standard InChI is InChI=1S/C12H12BrClN2O/c1-8-12(7-15,4-5-17-8)16-9-2-3-11(14)10(13)6-9/h2-3,6,8,16H,4-5H2,1H3. The van der Waals surface area contributed by atoms with Crippen LogP contribution < -0.4 is 5.32 Å². The molecule has 3 nitrogen and oxygen atoms in total. The Morgan fingerprint density at radius 3 is 2.94 bits per heavy atom. The number of nitriles is 1. The Bertz CT molecular complexity index is 474. The van der Waals surface area contributed by atoms with Crippen molar-refractivity contribution in [2.75, 3.05) is 11.9 Å². The number of anilines is 1. The minimum Gasteiger partial charge on any atom is -0.375 e. The Kier molecular flexibility index (Phi) is 3.62.